The van der Waals surface area contributed by atoms with Crippen LogP contribution in [-0.2, 0) is 9.53 Å². The number of ether oxygens (including phenoxy) is 2. The third-order valence-corrected chi connectivity index (χ3v) is 7.58. The summed E-state index contributed by atoms with van der Waals surface area (Å²) in [6.45, 7) is 9.02. The molecule has 3 saturated heterocycles. The minimum atomic E-state index is -0.226. The van der Waals surface area contributed by atoms with Crippen LogP contribution in [0.5, 0.6) is 5.75 Å². The average Bonchev–Trinajstić information content (AvgIpc) is 3.10. The molecule has 4 aliphatic heterocycles. The third kappa shape index (κ3) is 2.94. The number of para-hydroxylation sites is 1. The quantitative estimate of drug-likeness (QED) is 0.744. The maximum atomic E-state index is 11.7. The summed E-state index contributed by atoms with van der Waals surface area (Å²) < 4.78 is 13.2. The van der Waals surface area contributed by atoms with Gasteiger partial charge in [0, 0.05) is 50.1 Å². The molecule has 152 valence electrons. The summed E-state index contributed by atoms with van der Waals surface area (Å²) in [4.78, 5) is 16.4. The van der Waals surface area contributed by atoms with Crippen molar-refractivity contribution in [3.63, 3.8) is 0 Å². The second-order valence-electron chi connectivity index (χ2n) is 9.51. The summed E-state index contributed by atoms with van der Waals surface area (Å²) in [6, 6.07) is 9.44. The standard InChI is InChI=1S/C23H32N2O3/c1-15(26)24-11-8-16(9-12-24)25-13-10-21-19(25)14-18-22(27-21)17-6-4-5-7-20(17)28-23(18,2)3/h4-7,16,18-19,21-22H,8-14H2,1-3H3/t18-,19-,21-,22+/m1/s1. The molecule has 3 fully saturated rings. The largest absolute Gasteiger partial charge is 0.487 e. The van der Waals surface area contributed by atoms with Crippen molar-refractivity contribution in [1.82, 2.24) is 9.80 Å². The van der Waals surface area contributed by atoms with E-state index in [2.05, 4.69) is 36.9 Å². The lowest BCUT2D eigenvalue weighted by atomic mass is 9.73. The van der Waals surface area contributed by atoms with Crippen molar-refractivity contribution >= 4 is 5.91 Å². The molecule has 0 radical (unpaired) electrons. The normalized spacial score (nSPS) is 34.9. The van der Waals surface area contributed by atoms with Crippen LogP contribution in [0.3, 0.4) is 0 Å². The molecule has 0 aromatic heterocycles. The lowest BCUT2D eigenvalue weighted by molar-refractivity contribution is -0.165. The highest BCUT2D eigenvalue weighted by atomic mass is 16.5. The van der Waals surface area contributed by atoms with E-state index in [-0.39, 0.29) is 17.6 Å². The van der Waals surface area contributed by atoms with E-state index in [1.807, 2.05) is 11.0 Å². The Morgan fingerprint density at radius 2 is 1.86 bits per heavy atom. The fourth-order valence-electron chi connectivity index (χ4n) is 6.03. The number of hydrogen-bond donors (Lipinski definition) is 0. The number of fused-ring (bicyclic) bond motifs is 4. The van der Waals surface area contributed by atoms with Gasteiger partial charge in [-0.15, -0.1) is 0 Å². The predicted octanol–water partition coefficient (Wildman–Crippen LogP) is 3.39. The Balaban J connectivity index is 1.35. The first-order chi connectivity index (χ1) is 13.4. The van der Waals surface area contributed by atoms with E-state index < -0.39 is 0 Å². The zero-order valence-corrected chi connectivity index (χ0v) is 17.3. The summed E-state index contributed by atoms with van der Waals surface area (Å²) in [5.74, 6) is 1.56. The van der Waals surface area contributed by atoms with Crippen LogP contribution in [0.25, 0.3) is 0 Å². The molecule has 0 saturated carbocycles. The number of hydrogen-bond acceptors (Lipinski definition) is 4. The van der Waals surface area contributed by atoms with E-state index >= 15 is 0 Å². The highest BCUT2D eigenvalue weighted by Crippen LogP contribution is 2.52. The molecule has 1 amide bonds. The van der Waals surface area contributed by atoms with E-state index in [0.717, 1.165) is 51.1 Å². The van der Waals surface area contributed by atoms with E-state index in [1.54, 1.807) is 6.92 Å². The van der Waals surface area contributed by atoms with Gasteiger partial charge in [-0.05, 0) is 45.6 Å². The van der Waals surface area contributed by atoms with Gasteiger partial charge < -0.3 is 14.4 Å². The van der Waals surface area contributed by atoms with Crippen LogP contribution in [0.2, 0.25) is 0 Å². The van der Waals surface area contributed by atoms with Crippen LogP contribution in [0.15, 0.2) is 24.3 Å². The Morgan fingerprint density at radius 3 is 2.61 bits per heavy atom. The number of carbonyl (C=O) groups excluding carboxylic acids is 1. The third-order valence-electron chi connectivity index (χ3n) is 7.58. The van der Waals surface area contributed by atoms with Crippen LogP contribution in [0.4, 0.5) is 0 Å². The SMILES string of the molecule is CC(=O)N1CCC(N2CC[C@H]3O[C@H]4c5ccccc5OC(C)(C)[C@@H]4C[C@H]32)CC1. The molecule has 4 atom stereocenters. The van der Waals surface area contributed by atoms with Crippen LogP contribution < -0.4 is 4.74 Å². The maximum Gasteiger partial charge on any atom is 0.219 e. The fraction of sp³-hybridized carbons (Fsp3) is 0.696. The van der Waals surface area contributed by atoms with Gasteiger partial charge in [0.05, 0.1) is 12.2 Å². The fourth-order valence-corrected chi connectivity index (χ4v) is 6.03. The van der Waals surface area contributed by atoms with Crippen molar-refractivity contribution < 1.29 is 14.3 Å². The molecule has 4 aliphatic rings. The summed E-state index contributed by atoms with van der Waals surface area (Å²) in [6.07, 6.45) is 4.86. The molecule has 0 N–H and O–H groups in total. The van der Waals surface area contributed by atoms with Crippen molar-refractivity contribution in [1.29, 1.82) is 0 Å². The van der Waals surface area contributed by atoms with Crippen LogP contribution in [0, 0.1) is 5.92 Å². The number of rotatable bonds is 1. The first-order valence-electron chi connectivity index (χ1n) is 10.9. The van der Waals surface area contributed by atoms with Gasteiger partial charge in [0.15, 0.2) is 0 Å². The van der Waals surface area contributed by atoms with E-state index in [9.17, 15) is 4.79 Å². The minimum Gasteiger partial charge on any atom is -0.487 e. The van der Waals surface area contributed by atoms with Gasteiger partial charge in [-0.1, -0.05) is 18.2 Å². The van der Waals surface area contributed by atoms with Gasteiger partial charge in [0.1, 0.15) is 11.4 Å². The molecule has 5 heteroatoms. The molecule has 0 aliphatic carbocycles. The molecule has 1 aromatic rings. The van der Waals surface area contributed by atoms with Crippen LogP contribution in [0.1, 0.15) is 58.1 Å². The molecule has 5 nitrogen and oxygen atoms in total. The van der Waals surface area contributed by atoms with Crippen LogP contribution >= 0.6 is 0 Å². The topological polar surface area (TPSA) is 42.0 Å². The second-order valence-corrected chi connectivity index (χ2v) is 9.51. The summed E-state index contributed by atoms with van der Waals surface area (Å²) in [5, 5.41) is 0. The zero-order chi connectivity index (χ0) is 19.5. The van der Waals surface area contributed by atoms with Crippen molar-refractivity contribution in [2.45, 2.75) is 76.3 Å². The molecule has 28 heavy (non-hydrogen) atoms. The number of piperidine rings is 1. The highest BCUT2D eigenvalue weighted by molar-refractivity contribution is 5.73. The minimum absolute atomic E-state index is 0.140. The molecular formula is C23H32N2O3. The first-order valence-corrected chi connectivity index (χ1v) is 10.9. The van der Waals surface area contributed by atoms with Crippen molar-refractivity contribution in [2.75, 3.05) is 19.6 Å². The summed E-state index contributed by atoms with van der Waals surface area (Å²) >= 11 is 0. The Hall–Kier alpha value is -1.59. The van der Waals surface area contributed by atoms with Gasteiger partial charge in [-0.3, -0.25) is 9.69 Å². The number of likely N-dealkylation sites (tertiary alicyclic amines) is 2. The summed E-state index contributed by atoms with van der Waals surface area (Å²) in [5.41, 5.74) is 0.995. The molecule has 0 bridgehead atoms. The van der Waals surface area contributed by atoms with Crippen molar-refractivity contribution in [3.8, 4) is 5.75 Å². The second kappa shape index (κ2) is 6.74. The van der Waals surface area contributed by atoms with Gasteiger partial charge >= 0.3 is 0 Å². The zero-order valence-electron chi connectivity index (χ0n) is 17.3. The molecule has 4 heterocycles. The predicted molar refractivity (Wildman–Crippen MR) is 107 cm³/mol. The number of benzene rings is 1. The van der Waals surface area contributed by atoms with Crippen molar-refractivity contribution in [2.24, 2.45) is 5.92 Å². The Kier molecular flexibility index (Phi) is 4.44. The van der Waals surface area contributed by atoms with Gasteiger partial charge in [-0.25, -0.2) is 0 Å². The van der Waals surface area contributed by atoms with E-state index in [0.29, 0.717) is 24.1 Å². The average molecular weight is 385 g/mol. The van der Waals surface area contributed by atoms with Crippen molar-refractivity contribution in [3.05, 3.63) is 29.8 Å². The number of nitrogens with zero attached hydrogens (tertiary/aromatic N) is 2. The molecule has 0 spiro atoms. The van der Waals surface area contributed by atoms with E-state index in [4.69, 9.17) is 9.47 Å². The monoisotopic (exact) mass is 384 g/mol. The molecular weight excluding hydrogens is 352 g/mol. The molecule has 1 aromatic carbocycles. The molecule has 5 rings (SSSR count). The Morgan fingerprint density at radius 1 is 1.11 bits per heavy atom. The Labute approximate surface area is 168 Å². The lowest BCUT2D eigenvalue weighted by Crippen LogP contribution is -2.56. The summed E-state index contributed by atoms with van der Waals surface area (Å²) in [7, 11) is 0. The number of amides is 1. The smallest absolute Gasteiger partial charge is 0.219 e. The van der Waals surface area contributed by atoms with Gasteiger partial charge in [-0.2, -0.15) is 0 Å². The molecule has 0 unspecified atom stereocenters. The van der Waals surface area contributed by atoms with Gasteiger partial charge in [0.25, 0.3) is 0 Å². The maximum absolute atomic E-state index is 11.7. The van der Waals surface area contributed by atoms with E-state index in [1.165, 1.54) is 5.56 Å². The number of carbonyl (C=O) groups is 1. The highest BCUT2D eigenvalue weighted by Gasteiger charge is 2.53. The lowest BCUT2D eigenvalue weighted by Gasteiger charge is -2.51. The van der Waals surface area contributed by atoms with Crippen LogP contribution in [-0.4, -0.2) is 59.1 Å². The Bertz CT molecular complexity index is 756. The van der Waals surface area contributed by atoms with Gasteiger partial charge in [0.2, 0.25) is 5.91 Å². The first kappa shape index (κ1) is 18.4.